The number of anilines is 1. The molecule has 1 atom stereocenters. The van der Waals surface area contributed by atoms with Crippen molar-refractivity contribution < 1.29 is 9.90 Å². The first kappa shape index (κ1) is 12.4. The van der Waals surface area contributed by atoms with Crippen molar-refractivity contribution in [1.82, 2.24) is 9.97 Å². The van der Waals surface area contributed by atoms with Crippen LogP contribution < -0.4 is 4.90 Å². The molecule has 5 nitrogen and oxygen atoms in total. The lowest BCUT2D eigenvalue weighted by Gasteiger charge is -2.17. The van der Waals surface area contributed by atoms with Crippen molar-refractivity contribution >= 4 is 11.8 Å². The Morgan fingerprint density at radius 1 is 1.38 bits per heavy atom. The molecule has 0 spiro atoms. The Morgan fingerprint density at radius 3 is 2.44 bits per heavy atom. The van der Waals surface area contributed by atoms with Gasteiger partial charge < -0.3 is 10.0 Å². The fourth-order valence-corrected chi connectivity index (χ4v) is 1.53. The van der Waals surface area contributed by atoms with Crippen LogP contribution in [0.25, 0.3) is 0 Å². The summed E-state index contributed by atoms with van der Waals surface area (Å²) in [6, 6.07) is 1.72. The predicted molar refractivity (Wildman–Crippen MR) is 61.6 cm³/mol. The van der Waals surface area contributed by atoms with Gasteiger partial charge in [-0.15, -0.1) is 0 Å². The van der Waals surface area contributed by atoms with Crippen LogP contribution in [0, 0.1) is 5.92 Å². The van der Waals surface area contributed by atoms with Crippen LogP contribution >= 0.6 is 0 Å². The summed E-state index contributed by atoms with van der Waals surface area (Å²) in [6.07, 6.45) is 1.41. The fraction of sp³-hybridized carbons (Fsp3) is 0.545. The summed E-state index contributed by atoms with van der Waals surface area (Å²) in [5.74, 6) is -0.709. The van der Waals surface area contributed by atoms with E-state index >= 15 is 0 Å². The molecule has 88 valence electrons. The molecule has 1 unspecified atom stereocenters. The van der Waals surface area contributed by atoms with E-state index in [2.05, 4.69) is 9.97 Å². The SMILES string of the molecule is CC(C)C(C(=O)O)c1cc(N(C)C)ncn1. The smallest absolute Gasteiger partial charge is 0.312 e. The summed E-state index contributed by atoms with van der Waals surface area (Å²) in [5, 5.41) is 9.15. The summed E-state index contributed by atoms with van der Waals surface area (Å²) < 4.78 is 0. The molecule has 5 heteroatoms. The van der Waals surface area contributed by atoms with Crippen molar-refractivity contribution in [1.29, 1.82) is 0 Å². The third-order valence-electron chi connectivity index (χ3n) is 2.38. The summed E-state index contributed by atoms with van der Waals surface area (Å²) in [6.45, 7) is 3.74. The summed E-state index contributed by atoms with van der Waals surface area (Å²) >= 11 is 0. The van der Waals surface area contributed by atoms with Gasteiger partial charge in [-0.3, -0.25) is 4.79 Å². The second kappa shape index (κ2) is 4.92. The molecule has 0 aliphatic heterocycles. The maximum Gasteiger partial charge on any atom is 0.312 e. The van der Waals surface area contributed by atoms with Crippen LogP contribution in [0.3, 0.4) is 0 Å². The van der Waals surface area contributed by atoms with Crippen LogP contribution in [0.4, 0.5) is 5.82 Å². The van der Waals surface area contributed by atoms with Crippen molar-refractivity contribution in [3.8, 4) is 0 Å². The maximum absolute atomic E-state index is 11.1. The molecule has 0 aliphatic rings. The molecular weight excluding hydrogens is 206 g/mol. The summed E-state index contributed by atoms with van der Waals surface area (Å²) in [5.41, 5.74) is 0.557. The summed E-state index contributed by atoms with van der Waals surface area (Å²) in [4.78, 5) is 21.1. The third kappa shape index (κ3) is 2.68. The van der Waals surface area contributed by atoms with Gasteiger partial charge in [0.15, 0.2) is 0 Å². The Balaban J connectivity index is 3.10. The van der Waals surface area contributed by atoms with E-state index in [9.17, 15) is 4.79 Å². The highest BCUT2D eigenvalue weighted by atomic mass is 16.4. The Bertz CT molecular complexity index is 377. The van der Waals surface area contributed by atoms with Gasteiger partial charge in [-0.25, -0.2) is 9.97 Å². The molecule has 0 fully saturated rings. The first-order valence-corrected chi connectivity index (χ1v) is 5.15. The topological polar surface area (TPSA) is 66.3 Å². The number of aromatic nitrogens is 2. The van der Waals surface area contributed by atoms with E-state index in [4.69, 9.17) is 5.11 Å². The highest BCUT2D eigenvalue weighted by Crippen LogP contribution is 2.24. The second-order valence-corrected chi connectivity index (χ2v) is 4.26. The second-order valence-electron chi connectivity index (χ2n) is 4.26. The molecule has 0 aliphatic carbocycles. The average molecular weight is 223 g/mol. The minimum Gasteiger partial charge on any atom is -0.481 e. The first-order valence-electron chi connectivity index (χ1n) is 5.15. The molecule has 1 heterocycles. The molecule has 0 saturated carbocycles. The highest BCUT2D eigenvalue weighted by Gasteiger charge is 2.25. The van der Waals surface area contributed by atoms with E-state index in [0.717, 1.165) is 5.82 Å². The quantitative estimate of drug-likeness (QED) is 0.835. The number of nitrogens with zero attached hydrogens (tertiary/aromatic N) is 3. The molecule has 0 amide bonds. The van der Waals surface area contributed by atoms with Gasteiger partial charge in [0.2, 0.25) is 0 Å². The molecule has 1 aromatic heterocycles. The lowest BCUT2D eigenvalue weighted by atomic mass is 9.92. The van der Waals surface area contributed by atoms with E-state index in [1.807, 2.05) is 32.8 Å². The van der Waals surface area contributed by atoms with Gasteiger partial charge in [-0.1, -0.05) is 13.8 Å². The molecule has 0 saturated heterocycles. The van der Waals surface area contributed by atoms with Crippen molar-refractivity contribution in [3.05, 3.63) is 18.1 Å². The number of aliphatic carboxylic acids is 1. The largest absolute Gasteiger partial charge is 0.481 e. The van der Waals surface area contributed by atoms with E-state index in [-0.39, 0.29) is 5.92 Å². The zero-order valence-corrected chi connectivity index (χ0v) is 10.0. The third-order valence-corrected chi connectivity index (χ3v) is 2.38. The molecule has 0 bridgehead atoms. The van der Waals surface area contributed by atoms with Crippen LogP contribution in [-0.4, -0.2) is 35.1 Å². The molecule has 16 heavy (non-hydrogen) atoms. The predicted octanol–water partition coefficient (Wildman–Crippen LogP) is 1.37. The van der Waals surface area contributed by atoms with Crippen molar-refractivity contribution in [2.24, 2.45) is 5.92 Å². The number of carboxylic acids is 1. The molecular formula is C11H17N3O2. The fourth-order valence-electron chi connectivity index (χ4n) is 1.53. The average Bonchev–Trinajstić information content (AvgIpc) is 2.16. The minimum atomic E-state index is -0.849. The van der Waals surface area contributed by atoms with Gasteiger partial charge in [-0.2, -0.15) is 0 Å². The van der Waals surface area contributed by atoms with E-state index < -0.39 is 11.9 Å². The summed E-state index contributed by atoms with van der Waals surface area (Å²) in [7, 11) is 3.72. The van der Waals surface area contributed by atoms with E-state index in [1.54, 1.807) is 6.07 Å². The molecule has 1 N–H and O–H groups in total. The minimum absolute atomic E-state index is 0.00223. The molecule has 0 radical (unpaired) electrons. The lowest BCUT2D eigenvalue weighted by Crippen LogP contribution is -2.20. The number of hydrogen-bond donors (Lipinski definition) is 1. The number of carbonyl (C=O) groups is 1. The van der Waals surface area contributed by atoms with Crippen LogP contribution in [0.5, 0.6) is 0 Å². The van der Waals surface area contributed by atoms with Gasteiger partial charge in [0.1, 0.15) is 18.1 Å². The van der Waals surface area contributed by atoms with E-state index in [1.165, 1.54) is 6.33 Å². The van der Waals surface area contributed by atoms with Crippen LogP contribution in [-0.2, 0) is 4.79 Å². The number of carboxylic acid groups (broad SMARTS) is 1. The van der Waals surface area contributed by atoms with Crippen LogP contribution in [0.1, 0.15) is 25.5 Å². The van der Waals surface area contributed by atoms with Crippen LogP contribution in [0.2, 0.25) is 0 Å². The van der Waals surface area contributed by atoms with E-state index in [0.29, 0.717) is 5.69 Å². The zero-order chi connectivity index (χ0) is 12.3. The van der Waals surface area contributed by atoms with Gasteiger partial charge in [0, 0.05) is 20.2 Å². The van der Waals surface area contributed by atoms with Crippen LogP contribution in [0.15, 0.2) is 12.4 Å². The Hall–Kier alpha value is -1.65. The Kier molecular flexibility index (Phi) is 3.82. The normalized spacial score (nSPS) is 12.6. The highest BCUT2D eigenvalue weighted by molar-refractivity contribution is 5.76. The van der Waals surface area contributed by atoms with Crippen molar-refractivity contribution in [2.45, 2.75) is 19.8 Å². The Morgan fingerprint density at radius 2 is 2.00 bits per heavy atom. The first-order chi connectivity index (χ1) is 7.43. The van der Waals surface area contributed by atoms with Gasteiger partial charge in [0.25, 0.3) is 0 Å². The van der Waals surface area contributed by atoms with Crippen molar-refractivity contribution in [3.63, 3.8) is 0 Å². The standard InChI is InChI=1S/C11H17N3O2/c1-7(2)10(11(15)16)8-5-9(14(3)4)13-6-12-8/h5-7,10H,1-4H3,(H,15,16). The van der Waals surface area contributed by atoms with Crippen molar-refractivity contribution in [2.75, 3.05) is 19.0 Å². The number of rotatable bonds is 4. The molecule has 0 aromatic carbocycles. The molecule has 1 aromatic rings. The maximum atomic E-state index is 11.1. The lowest BCUT2D eigenvalue weighted by molar-refractivity contribution is -0.140. The molecule has 1 rings (SSSR count). The van der Waals surface area contributed by atoms with Gasteiger partial charge >= 0.3 is 5.97 Å². The zero-order valence-electron chi connectivity index (χ0n) is 10.0. The van der Waals surface area contributed by atoms with Gasteiger partial charge in [0.05, 0.1) is 5.69 Å². The Labute approximate surface area is 95.1 Å². The monoisotopic (exact) mass is 223 g/mol. The number of hydrogen-bond acceptors (Lipinski definition) is 4. The van der Waals surface area contributed by atoms with Gasteiger partial charge in [-0.05, 0) is 5.92 Å².